The van der Waals surface area contributed by atoms with Gasteiger partial charge in [0.25, 0.3) is 5.91 Å². The summed E-state index contributed by atoms with van der Waals surface area (Å²) in [6, 6.07) is 8.93. The van der Waals surface area contributed by atoms with Crippen LogP contribution in [0.2, 0.25) is 0 Å². The molecule has 0 fully saturated rings. The smallest absolute Gasteiger partial charge is 0.252 e. The number of carbonyl (C=O) groups excluding carboxylic acids is 1. The van der Waals surface area contributed by atoms with E-state index in [0.29, 0.717) is 17.9 Å². The summed E-state index contributed by atoms with van der Waals surface area (Å²) in [4.78, 5) is 15.6. The van der Waals surface area contributed by atoms with Crippen molar-refractivity contribution in [1.29, 1.82) is 0 Å². The molecule has 0 radical (unpaired) electrons. The number of aromatic nitrogens is 1. The molecule has 2 aromatic rings. The Balaban J connectivity index is 2.08. The Morgan fingerprint density at radius 3 is 2.67 bits per heavy atom. The van der Waals surface area contributed by atoms with Crippen LogP contribution in [-0.4, -0.2) is 17.5 Å². The van der Waals surface area contributed by atoms with Gasteiger partial charge in [0.15, 0.2) is 0 Å². The summed E-state index contributed by atoms with van der Waals surface area (Å²) in [7, 11) is 0. The third-order valence-corrected chi connectivity index (χ3v) is 2.89. The number of pyridine rings is 1. The molecular formula is C16H18N2O3. The van der Waals surface area contributed by atoms with Crippen molar-refractivity contribution in [2.24, 2.45) is 5.73 Å². The molecule has 0 bridgehead atoms. The van der Waals surface area contributed by atoms with Gasteiger partial charge in [0.1, 0.15) is 18.1 Å². The third kappa shape index (κ3) is 3.95. The number of amides is 1. The van der Waals surface area contributed by atoms with Crippen LogP contribution in [0.4, 0.5) is 0 Å². The van der Waals surface area contributed by atoms with Crippen molar-refractivity contribution in [3.8, 4) is 11.5 Å². The fourth-order valence-electron chi connectivity index (χ4n) is 1.85. The molecule has 110 valence electrons. The molecule has 0 unspecified atom stereocenters. The summed E-state index contributed by atoms with van der Waals surface area (Å²) >= 11 is 0. The van der Waals surface area contributed by atoms with Crippen molar-refractivity contribution in [3.63, 3.8) is 0 Å². The van der Waals surface area contributed by atoms with Gasteiger partial charge in [-0.3, -0.25) is 9.78 Å². The Morgan fingerprint density at radius 2 is 2.05 bits per heavy atom. The maximum absolute atomic E-state index is 11.4. The van der Waals surface area contributed by atoms with Crippen LogP contribution in [0.15, 0.2) is 36.5 Å². The van der Waals surface area contributed by atoms with Crippen LogP contribution in [-0.2, 0) is 6.61 Å². The highest BCUT2D eigenvalue weighted by Crippen LogP contribution is 2.21. The van der Waals surface area contributed by atoms with Crippen LogP contribution in [0.5, 0.6) is 11.5 Å². The Kier molecular flexibility index (Phi) is 4.77. The molecular weight excluding hydrogens is 268 g/mol. The highest BCUT2D eigenvalue weighted by molar-refractivity contribution is 5.95. The lowest BCUT2D eigenvalue weighted by atomic mass is 10.1. The standard InChI is InChI=1S/C16H18N2O3/c1-3-20-13-6-5-12(18-9-13)10-21-15-8-11(2)4-7-14(15)16(17)19/h4-9H,3,10H2,1-2H3,(H2,17,19). The lowest BCUT2D eigenvalue weighted by molar-refractivity contribution is 0.0996. The number of aryl methyl sites for hydroxylation is 1. The van der Waals surface area contributed by atoms with Crippen molar-refractivity contribution < 1.29 is 14.3 Å². The topological polar surface area (TPSA) is 74.4 Å². The summed E-state index contributed by atoms with van der Waals surface area (Å²) < 4.78 is 11.0. The third-order valence-electron chi connectivity index (χ3n) is 2.89. The zero-order valence-corrected chi connectivity index (χ0v) is 12.1. The van der Waals surface area contributed by atoms with Crippen LogP contribution in [0, 0.1) is 6.92 Å². The number of carbonyl (C=O) groups is 1. The second-order valence-electron chi connectivity index (χ2n) is 4.57. The number of rotatable bonds is 6. The first-order valence-electron chi connectivity index (χ1n) is 6.71. The SMILES string of the molecule is CCOc1ccc(COc2cc(C)ccc2C(N)=O)nc1. The first kappa shape index (κ1) is 14.8. The lowest BCUT2D eigenvalue weighted by Gasteiger charge is -2.10. The van der Waals surface area contributed by atoms with Gasteiger partial charge in [0.2, 0.25) is 0 Å². The fourth-order valence-corrected chi connectivity index (χ4v) is 1.85. The van der Waals surface area contributed by atoms with E-state index in [1.165, 1.54) is 0 Å². The van der Waals surface area contributed by atoms with E-state index in [-0.39, 0.29) is 6.61 Å². The van der Waals surface area contributed by atoms with Crippen LogP contribution >= 0.6 is 0 Å². The van der Waals surface area contributed by atoms with Crippen molar-refractivity contribution >= 4 is 5.91 Å². The largest absolute Gasteiger partial charge is 0.492 e. The number of nitrogens with two attached hydrogens (primary N) is 1. The van der Waals surface area contributed by atoms with Crippen LogP contribution < -0.4 is 15.2 Å². The zero-order valence-electron chi connectivity index (χ0n) is 12.1. The first-order chi connectivity index (χ1) is 10.1. The second-order valence-corrected chi connectivity index (χ2v) is 4.57. The molecule has 1 heterocycles. The fraction of sp³-hybridized carbons (Fsp3) is 0.250. The average Bonchev–Trinajstić information content (AvgIpc) is 2.46. The van der Waals surface area contributed by atoms with Gasteiger partial charge in [-0.05, 0) is 43.7 Å². The summed E-state index contributed by atoms with van der Waals surface area (Å²) in [5, 5.41) is 0. The molecule has 1 amide bonds. The van der Waals surface area contributed by atoms with Gasteiger partial charge in [-0.2, -0.15) is 0 Å². The van der Waals surface area contributed by atoms with E-state index >= 15 is 0 Å². The summed E-state index contributed by atoms with van der Waals surface area (Å²) in [5.41, 5.74) is 7.44. The van der Waals surface area contributed by atoms with Gasteiger partial charge in [0, 0.05) is 0 Å². The number of benzene rings is 1. The second kappa shape index (κ2) is 6.74. The lowest BCUT2D eigenvalue weighted by Crippen LogP contribution is -2.13. The number of nitrogens with zero attached hydrogens (tertiary/aromatic N) is 1. The van der Waals surface area contributed by atoms with E-state index in [2.05, 4.69) is 4.98 Å². The zero-order chi connectivity index (χ0) is 15.2. The molecule has 5 heteroatoms. The van der Waals surface area contributed by atoms with Gasteiger partial charge in [-0.25, -0.2) is 0 Å². The van der Waals surface area contributed by atoms with E-state index < -0.39 is 5.91 Å². The Hall–Kier alpha value is -2.56. The summed E-state index contributed by atoms with van der Waals surface area (Å²) in [6.07, 6.45) is 1.65. The summed E-state index contributed by atoms with van der Waals surface area (Å²) in [6.45, 7) is 4.70. The maximum atomic E-state index is 11.4. The number of ether oxygens (including phenoxy) is 2. The molecule has 0 aliphatic carbocycles. The van der Waals surface area contributed by atoms with Crippen molar-refractivity contribution in [2.75, 3.05) is 6.61 Å². The van der Waals surface area contributed by atoms with E-state index in [1.54, 1.807) is 18.3 Å². The average molecular weight is 286 g/mol. The highest BCUT2D eigenvalue weighted by atomic mass is 16.5. The number of primary amides is 1. The quantitative estimate of drug-likeness (QED) is 0.885. The number of hydrogen-bond acceptors (Lipinski definition) is 4. The normalized spacial score (nSPS) is 10.2. The number of hydrogen-bond donors (Lipinski definition) is 1. The van der Waals surface area contributed by atoms with Crippen LogP contribution in [0.1, 0.15) is 28.5 Å². The minimum absolute atomic E-state index is 0.260. The van der Waals surface area contributed by atoms with Crippen LogP contribution in [0.3, 0.4) is 0 Å². The van der Waals surface area contributed by atoms with E-state index in [0.717, 1.165) is 17.0 Å². The molecule has 2 rings (SSSR count). The van der Waals surface area contributed by atoms with E-state index in [9.17, 15) is 4.79 Å². The molecule has 2 N–H and O–H groups in total. The molecule has 5 nitrogen and oxygen atoms in total. The molecule has 0 saturated carbocycles. The van der Waals surface area contributed by atoms with Gasteiger partial charge in [0.05, 0.1) is 24.1 Å². The monoisotopic (exact) mass is 286 g/mol. The molecule has 0 aliphatic rings. The minimum Gasteiger partial charge on any atom is -0.492 e. The molecule has 0 aliphatic heterocycles. The Morgan fingerprint density at radius 1 is 1.24 bits per heavy atom. The van der Waals surface area contributed by atoms with Crippen molar-refractivity contribution in [1.82, 2.24) is 4.98 Å². The highest BCUT2D eigenvalue weighted by Gasteiger charge is 2.10. The van der Waals surface area contributed by atoms with E-state index in [4.69, 9.17) is 15.2 Å². The Bertz CT molecular complexity index is 624. The minimum atomic E-state index is -0.510. The van der Waals surface area contributed by atoms with E-state index in [1.807, 2.05) is 32.0 Å². The molecule has 1 aromatic carbocycles. The predicted molar refractivity (Wildman–Crippen MR) is 79.4 cm³/mol. The predicted octanol–water partition coefficient (Wildman–Crippen LogP) is 2.47. The van der Waals surface area contributed by atoms with Gasteiger partial charge in [-0.15, -0.1) is 0 Å². The molecule has 0 atom stereocenters. The van der Waals surface area contributed by atoms with Crippen LogP contribution in [0.25, 0.3) is 0 Å². The molecule has 0 saturated heterocycles. The molecule has 0 spiro atoms. The Labute approximate surface area is 123 Å². The first-order valence-corrected chi connectivity index (χ1v) is 6.71. The van der Waals surface area contributed by atoms with Gasteiger partial charge >= 0.3 is 0 Å². The molecule has 1 aromatic heterocycles. The van der Waals surface area contributed by atoms with Gasteiger partial charge < -0.3 is 15.2 Å². The maximum Gasteiger partial charge on any atom is 0.252 e. The molecule has 21 heavy (non-hydrogen) atoms. The van der Waals surface area contributed by atoms with Crippen molar-refractivity contribution in [2.45, 2.75) is 20.5 Å². The van der Waals surface area contributed by atoms with Gasteiger partial charge in [-0.1, -0.05) is 6.07 Å². The van der Waals surface area contributed by atoms with Crippen molar-refractivity contribution in [3.05, 3.63) is 53.3 Å². The summed E-state index contributed by atoms with van der Waals surface area (Å²) in [5.74, 6) is 0.678.